The van der Waals surface area contributed by atoms with Crippen LogP contribution in [0.3, 0.4) is 0 Å². The highest BCUT2D eigenvalue weighted by Crippen LogP contribution is 2.43. The molecule has 0 radical (unpaired) electrons. The first-order valence-electron chi connectivity index (χ1n) is 8.06. The molecule has 1 N–H and O–H groups in total. The van der Waals surface area contributed by atoms with Gasteiger partial charge in [0.1, 0.15) is 5.82 Å². The summed E-state index contributed by atoms with van der Waals surface area (Å²) in [6.07, 6.45) is 4.58. The molecule has 2 aliphatic heterocycles. The number of aromatic nitrogens is 3. The summed E-state index contributed by atoms with van der Waals surface area (Å²) in [5.41, 5.74) is 2.70. The number of anilines is 1. The van der Waals surface area contributed by atoms with Gasteiger partial charge in [-0.25, -0.2) is 22.7 Å². The van der Waals surface area contributed by atoms with Crippen molar-refractivity contribution in [2.75, 3.05) is 24.7 Å². The molecule has 0 amide bonds. The van der Waals surface area contributed by atoms with Gasteiger partial charge in [-0.2, -0.15) is 0 Å². The predicted molar refractivity (Wildman–Crippen MR) is 91.8 cm³/mol. The van der Waals surface area contributed by atoms with Gasteiger partial charge in [0.25, 0.3) is 0 Å². The van der Waals surface area contributed by atoms with Crippen LogP contribution in [0.25, 0.3) is 5.82 Å². The maximum absolute atomic E-state index is 11.8. The summed E-state index contributed by atoms with van der Waals surface area (Å²) in [5.74, 6) is 1.77. The Morgan fingerprint density at radius 3 is 2.58 bits per heavy atom. The summed E-state index contributed by atoms with van der Waals surface area (Å²) in [5, 5.41) is 3.64. The molecule has 128 valence electrons. The largest absolute Gasteiger partial charge is 0.371 e. The van der Waals surface area contributed by atoms with Gasteiger partial charge in [0.05, 0.1) is 29.4 Å². The zero-order valence-corrected chi connectivity index (χ0v) is 14.9. The van der Waals surface area contributed by atoms with Crippen LogP contribution in [-0.4, -0.2) is 46.6 Å². The van der Waals surface area contributed by atoms with Crippen LogP contribution in [0.2, 0.25) is 0 Å². The Hall–Kier alpha value is -1.93. The highest BCUT2D eigenvalue weighted by atomic mass is 32.2. The topological polar surface area (TPSA) is 80.1 Å². The summed E-state index contributed by atoms with van der Waals surface area (Å²) in [7, 11) is -3.15. The van der Waals surface area contributed by atoms with E-state index in [9.17, 15) is 8.42 Å². The van der Waals surface area contributed by atoms with Gasteiger partial charge in [0, 0.05) is 18.8 Å². The molecule has 1 saturated heterocycles. The number of rotatable bonds is 1. The predicted octanol–water partition coefficient (Wildman–Crippen LogP) is 1.56. The lowest BCUT2D eigenvalue weighted by molar-refractivity contribution is 0.248. The zero-order chi connectivity index (χ0) is 17.1. The Balaban J connectivity index is 1.79. The minimum absolute atomic E-state index is 0.299. The summed E-state index contributed by atoms with van der Waals surface area (Å²) in [6.45, 7) is 4.96. The second kappa shape index (κ2) is 5.03. The molecule has 0 aromatic carbocycles. The number of imidazole rings is 1. The van der Waals surface area contributed by atoms with Crippen LogP contribution in [0.15, 0.2) is 18.3 Å². The Labute approximate surface area is 141 Å². The van der Waals surface area contributed by atoms with Crippen LogP contribution in [-0.2, 0) is 15.6 Å². The van der Waals surface area contributed by atoms with Crippen molar-refractivity contribution in [1.29, 1.82) is 0 Å². The lowest BCUT2D eigenvalue weighted by Crippen LogP contribution is -2.51. The normalized spacial score (nSPS) is 19.6. The van der Waals surface area contributed by atoms with Crippen molar-refractivity contribution in [3.05, 3.63) is 35.5 Å². The number of fused-ring (bicyclic) bond motifs is 4. The van der Waals surface area contributed by atoms with Gasteiger partial charge >= 0.3 is 0 Å². The molecule has 4 rings (SSSR count). The van der Waals surface area contributed by atoms with Crippen LogP contribution in [0.4, 0.5) is 5.69 Å². The first-order valence-corrected chi connectivity index (χ1v) is 9.91. The molecule has 4 heterocycles. The lowest BCUT2D eigenvalue weighted by Gasteiger charge is -2.45. The molecule has 8 heteroatoms. The van der Waals surface area contributed by atoms with E-state index in [2.05, 4.69) is 19.9 Å². The van der Waals surface area contributed by atoms with Crippen molar-refractivity contribution in [2.24, 2.45) is 0 Å². The molecule has 1 fully saturated rings. The van der Waals surface area contributed by atoms with Crippen molar-refractivity contribution >= 4 is 15.7 Å². The van der Waals surface area contributed by atoms with E-state index in [1.54, 1.807) is 4.31 Å². The molecular formula is C16H21N5O2S. The SMILES string of the molecule is Cc1ccc2c(n1)-n1c(cnc1C)C1(CCN(S(C)(=O)=O)CC1)N2. The summed E-state index contributed by atoms with van der Waals surface area (Å²) < 4.78 is 27.3. The fourth-order valence-electron chi connectivity index (χ4n) is 3.76. The standard InChI is InChI=1S/C16H21N5O2S/c1-11-4-5-13-15(18-11)21-12(2)17-10-14(21)16(19-13)6-8-20(9-7-16)24(3,22)23/h4-5,10,19H,6-9H2,1-3H3. The van der Waals surface area contributed by atoms with Crippen molar-refractivity contribution in [2.45, 2.75) is 32.2 Å². The molecule has 1 spiro atoms. The van der Waals surface area contributed by atoms with Crippen LogP contribution >= 0.6 is 0 Å². The fourth-order valence-corrected chi connectivity index (χ4v) is 4.61. The van der Waals surface area contributed by atoms with E-state index in [4.69, 9.17) is 0 Å². The van der Waals surface area contributed by atoms with Gasteiger partial charge in [0.15, 0.2) is 5.82 Å². The maximum atomic E-state index is 11.8. The maximum Gasteiger partial charge on any atom is 0.211 e. The number of hydrogen-bond donors (Lipinski definition) is 1. The van der Waals surface area contributed by atoms with Crippen LogP contribution in [0, 0.1) is 13.8 Å². The number of nitrogens with zero attached hydrogens (tertiary/aromatic N) is 4. The fraction of sp³-hybridized carbons (Fsp3) is 0.500. The van der Waals surface area contributed by atoms with E-state index < -0.39 is 10.0 Å². The van der Waals surface area contributed by atoms with Gasteiger partial charge < -0.3 is 5.32 Å². The quantitative estimate of drug-likeness (QED) is 0.847. The van der Waals surface area contributed by atoms with Gasteiger partial charge in [-0.3, -0.25) is 4.57 Å². The molecule has 7 nitrogen and oxygen atoms in total. The lowest BCUT2D eigenvalue weighted by atomic mass is 9.83. The third-order valence-electron chi connectivity index (χ3n) is 5.07. The van der Waals surface area contributed by atoms with Crippen LogP contribution in [0.5, 0.6) is 0 Å². The Morgan fingerprint density at radius 2 is 1.92 bits per heavy atom. The average Bonchev–Trinajstić information content (AvgIpc) is 2.91. The molecule has 0 atom stereocenters. The third-order valence-corrected chi connectivity index (χ3v) is 6.38. The first kappa shape index (κ1) is 15.6. The van der Waals surface area contributed by atoms with Crippen molar-refractivity contribution in [1.82, 2.24) is 18.8 Å². The third kappa shape index (κ3) is 2.24. The Kier molecular flexibility index (Phi) is 3.27. The van der Waals surface area contributed by atoms with E-state index in [0.717, 1.165) is 28.7 Å². The molecule has 0 aliphatic carbocycles. The highest BCUT2D eigenvalue weighted by Gasteiger charge is 2.44. The molecule has 0 unspecified atom stereocenters. The number of hydrogen-bond acceptors (Lipinski definition) is 5. The minimum Gasteiger partial charge on any atom is -0.371 e. The second-order valence-electron chi connectivity index (χ2n) is 6.72. The molecular weight excluding hydrogens is 326 g/mol. The van der Waals surface area contributed by atoms with E-state index in [1.165, 1.54) is 6.26 Å². The van der Waals surface area contributed by atoms with E-state index in [-0.39, 0.29) is 5.54 Å². The molecule has 2 aliphatic rings. The Morgan fingerprint density at radius 1 is 1.21 bits per heavy atom. The first-order chi connectivity index (χ1) is 11.3. The van der Waals surface area contributed by atoms with Crippen LogP contribution < -0.4 is 5.32 Å². The zero-order valence-electron chi connectivity index (χ0n) is 14.1. The molecule has 24 heavy (non-hydrogen) atoms. The minimum atomic E-state index is -3.15. The number of aryl methyl sites for hydroxylation is 2. The summed E-state index contributed by atoms with van der Waals surface area (Å²) >= 11 is 0. The van der Waals surface area contributed by atoms with Crippen LogP contribution in [0.1, 0.15) is 30.1 Å². The van der Waals surface area contributed by atoms with E-state index >= 15 is 0 Å². The number of pyridine rings is 1. The molecule has 2 aromatic heterocycles. The van der Waals surface area contributed by atoms with Crippen molar-refractivity contribution < 1.29 is 8.42 Å². The van der Waals surface area contributed by atoms with Crippen molar-refractivity contribution in [3.63, 3.8) is 0 Å². The van der Waals surface area contributed by atoms with Gasteiger partial charge in [-0.15, -0.1) is 0 Å². The highest BCUT2D eigenvalue weighted by molar-refractivity contribution is 7.88. The molecule has 0 saturated carbocycles. The number of nitrogens with one attached hydrogen (secondary N) is 1. The monoisotopic (exact) mass is 347 g/mol. The molecule has 2 aromatic rings. The van der Waals surface area contributed by atoms with E-state index in [0.29, 0.717) is 25.9 Å². The van der Waals surface area contributed by atoms with Gasteiger partial charge in [0.2, 0.25) is 10.0 Å². The van der Waals surface area contributed by atoms with E-state index in [1.807, 2.05) is 32.2 Å². The molecule has 0 bridgehead atoms. The number of sulfonamides is 1. The summed E-state index contributed by atoms with van der Waals surface area (Å²) in [6, 6.07) is 4.03. The second-order valence-corrected chi connectivity index (χ2v) is 8.70. The summed E-state index contributed by atoms with van der Waals surface area (Å²) in [4.78, 5) is 9.17. The number of piperidine rings is 1. The van der Waals surface area contributed by atoms with Gasteiger partial charge in [-0.05, 0) is 38.8 Å². The van der Waals surface area contributed by atoms with Gasteiger partial charge in [-0.1, -0.05) is 0 Å². The Bertz CT molecular complexity index is 911. The van der Waals surface area contributed by atoms with Crippen molar-refractivity contribution in [3.8, 4) is 5.82 Å². The average molecular weight is 347 g/mol. The smallest absolute Gasteiger partial charge is 0.211 e.